The van der Waals surface area contributed by atoms with Crippen LogP contribution in [0.2, 0.25) is 0 Å². The Hall–Kier alpha value is -1.10. The molecule has 2 atom stereocenters. The molecule has 0 aromatic heterocycles. The summed E-state index contributed by atoms with van der Waals surface area (Å²) in [5.41, 5.74) is 4.03. The quantitative estimate of drug-likeness (QED) is 0.534. The molecule has 0 saturated heterocycles. The molecule has 0 bridgehead atoms. The Bertz CT molecular complexity index is 625. The molecule has 1 aliphatic rings. The number of esters is 1. The molecule has 0 amide bonds. The van der Waals surface area contributed by atoms with Crippen LogP contribution in [0, 0.1) is 26.7 Å². The van der Waals surface area contributed by atoms with E-state index >= 15 is 0 Å². The summed E-state index contributed by atoms with van der Waals surface area (Å²) in [6, 6.07) is 4.02. The van der Waals surface area contributed by atoms with Gasteiger partial charge in [-0.1, -0.05) is 17.7 Å². The molecule has 118 valence electrons. The van der Waals surface area contributed by atoms with Crippen LogP contribution in [0.5, 0.6) is 0 Å². The van der Waals surface area contributed by atoms with Crippen LogP contribution in [0.25, 0.3) is 0 Å². The van der Waals surface area contributed by atoms with Gasteiger partial charge in [0.2, 0.25) is 0 Å². The number of hydrogen-bond donors (Lipinski definition) is 0. The summed E-state index contributed by atoms with van der Waals surface area (Å²) < 4.78 is 5.05. The summed E-state index contributed by atoms with van der Waals surface area (Å²) in [6.45, 7) is 7.82. The summed E-state index contributed by atoms with van der Waals surface area (Å²) in [6.07, 6.45) is 1.21. The molecule has 0 aliphatic heterocycles. The largest absolute Gasteiger partial charge is 1.00 e. The Morgan fingerprint density at radius 1 is 1.26 bits per heavy atom. The minimum Gasteiger partial charge on any atom is -0.875 e. The number of allylic oxidation sites excluding steroid dienone is 1. The molecule has 23 heavy (non-hydrogen) atoms. The molecule has 0 heterocycles. The van der Waals surface area contributed by atoms with Gasteiger partial charge in [0.05, 0.1) is 12.5 Å². The molecule has 0 saturated carbocycles. The maximum atomic E-state index is 12.2. The second-order valence-electron chi connectivity index (χ2n) is 5.87. The van der Waals surface area contributed by atoms with Crippen molar-refractivity contribution in [3.63, 3.8) is 0 Å². The van der Waals surface area contributed by atoms with E-state index < -0.39 is 23.6 Å². The zero-order chi connectivity index (χ0) is 16.4. The molecule has 0 fully saturated rings. The molecule has 2 unspecified atom stereocenters. The van der Waals surface area contributed by atoms with Crippen molar-refractivity contribution in [1.29, 1.82) is 0 Å². The summed E-state index contributed by atoms with van der Waals surface area (Å²) in [7, 11) is 0. The van der Waals surface area contributed by atoms with Gasteiger partial charge in [0, 0.05) is 12.3 Å². The van der Waals surface area contributed by atoms with Gasteiger partial charge in [0.1, 0.15) is 0 Å². The van der Waals surface area contributed by atoms with Gasteiger partial charge in [-0.2, -0.15) is 0 Å². The predicted molar refractivity (Wildman–Crippen MR) is 81.2 cm³/mol. The monoisotopic (exact) mass is 324 g/mol. The van der Waals surface area contributed by atoms with Gasteiger partial charge in [-0.25, -0.2) is 0 Å². The standard InChI is InChI=1S/C18H22O4.Na/c1-5-22-18(21)17-14(8-13(19)9-15(17)20)16-11(3)6-10(2)7-12(16)4;/h6-7,9,14,17,20H,5,8H2,1-4H3;/q;+1/p-1. The summed E-state index contributed by atoms with van der Waals surface area (Å²) >= 11 is 0. The molecule has 1 aliphatic carbocycles. The zero-order valence-electron chi connectivity index (χ0n) is 14.4. The number of ketones is 1. The zero-order valence-corrected chi connectivity index (χ0v) is 16.4. The van der Waals surface area contributed by atoms with E-state index in [9.17, 15) is 14.7 Å². The number of carbonyl (C=O) groups excluding carboxylic acids is 2. The van der Waals surface area contributed by atoms with Crippen molar-refractivity contribution in [3.8, 4) is 0 Å². The van der Waals surface area contributed by atoms with Crippen molar-refractivity contribution < 1.29 is 49.0 Å². The van der Waals surface area contributed by atoms with Crippen LogP contribution in [0.15, 0.2) is 24.0 Å². The van der Waals surface area contributed by atoms with Crippen LogP contribution in [0.1, 0.15) is 41.5 Å². The molecule has 1 aromatic rings. The minimum atomic E-state index is -0.919. The Balaban J connectivity index is 0.00000264. The van der Waals surface area contributed by atoms with Crippen molar-refractivity contribution in [3.05, 3.63) is 46.2 Å². The number of ether oxygens (including phenoxy) is 1. The number of aryl methyl sites for hydroxylation is 3. The maximum Gasteiger partial charge on any atom is 1.00 e. The Kier molecular flexibility index (Phi) is 7.05. The van der Waals surface area contributed by atoms with E-state index in [0.29, 0.717) is 0 Å². The number of hydrogen-bond acceptors (Lipinski definition) is 4. The molecule has 0 radical (unpaired) electrons. The molecule has 0 N–H and O–H groups in total. The molecular formula is C18H21NaO4. The third kappa shape index (κ3) is 4.25. The van der Waals surface area contributed by atoms with Gasteiger partial charge in [-0.3, -0.25) is 9.59 Å². The van der Waals surface area contributed by atoms with Gasteiger partial charge in [0.25, 0.3) is 0 Å². The van der Waals surface area contributed by atoms with Gasteiger partial charge in [-0.05, 0) is 50.5 Å². The number of carbonyl (C=O) groups is 2. The van der Waals surface area contributed by atoms with Gasteiger partial charge < -0.3 is 9.84 Å². The van der Waals surface area contributed by atoms with Crippen LogP contribution in [-0.4, -0.2) is 18.4 Å². The summed E-state index contributed by atoms with van der Waals surface area (Å²) in [5, 5.41) is 12.2. The normalized spacial score (nSPS) is 20.5. The smallest absolute Gasteiger partial charge is 0.875 e. The average molecular weight is 324 g/mol. The molecular weight excluding hydrogens is 303 g/mol. The van der Waals surface area contributed by atoms with E-state index in [2.05, 4.69) is 0 Å². The Morgan fingerprint density at radius 3 is 2.35 bits per heavy atom. The third-order valence-corrected chi connectivity index (χ3v) is 4.08. The Morgan fingerprint density at radius 2 is 1.83 bits per heavy atom. The van der Waals surface area contributed by atoms with Crippen LogP contribution < -0.4 is 34.7 Å². The average Bonchev–Trinajstić information content (AvgIpc) is 2.36. The van der Waals surface area contributed by atoms with Crippen molar-refractivity contribution in [1.82, 2.24) is 0 Å². The van der Waals surface area contributed by atoms with Crippen molar-refractivity contribution in [2.24, 2.45) is 5.92 Å². The molecule has 5 heteroatoms. The van der Waals surface area contributed by atoms with E-state index in [4.69, 9.17) is 4.74 Å². The minimum absolute atomic E-state index is 0. The first kappa shape index (κ1) is 19.9. The first-order chi connectivity index (χ1) is 10.3. The second kappa shape index (κ2) is 8.13. The van der Waals surface area contributed by atoms with E-state index in [1.807, 2.05) is 32.9 Å². The van der Waals surface area contributed by atoms with Crippen LogP contribution in [0.3, 0.4) is 0 Å². The summed E-state index contributed by atoms with van der Waals surface area (Å²) in [5.74, 6) is -2.57. The summed E-state index contributed by atoms with van der Waals surface area (Å²) in [4.78, 5) is 24.1. The van der Waals surface area contributed by atoms with E-state index in [1.165, 1.54) is 0 Å². The third-order valence-electron chi connectivity index (χ3n) is 4.08. The second-order valence-corrected chi connectivity index (χ2v) is 5.87. The van der Waals surface area contributed by atoms with Gasteiger partial charge in [0.15, 0.2) is 5.78 Å². The van der Waals surface area contributed by atoms with Crippen molar-refractivity contribution in [2.75, 3.05) is 6.61 Å². The van der Waals surface area contributed by atoms with E-state index in [0.717, 1.165) is 28.3 Å². The molecule has 1 aromatic carbocycles. The fourth-order valence-electron chi connectivity index (χ4n) is 3.40. The fourth-order valence-corrected chi connectivity index (χ4v) is 3.40. The van der Waals surface area contributed by atoms with Crippen molar-refractivity contribution in [2.45, 2.75) is 40.0 Å². The van der Waals surface area contributed by atoms with E-state index in [-0.39, 0.29) is 48.4 Å². The molecule has 2 rings (SSSR count). The van der Waals surface area contributed by atoms with Crippen molar-refractivity contribution >= 4 is 11.8 Å². The molecule has 0 spiro atoms. The topological polar surface area (TPSA) is 66.4 Å². The van der Waals surface area contributed by atoms with E-state index in [1.54, 1.807) is 6.92 Å². The predicted octanol–water partition coefficient (Wildman–Crippen LogP) is -0.904. The Labute approximate surface area is 159 Å². The SMILES string of the molecule is CCOC(=O)C1C([O-])=CC(=O)CC1c1c(C)cc(C)cc1C.[Na+]. The number of rotatable bonds is 3. The first-order valence-corrected chi connectivity index (χ1v) is 7.51. The fraction of sp³-hybridized carbons (Fsp3) is 0.444. The van der Waals surface area contributed by atoms with Crippen LogP contribution >= 0.6 is 0 Å². The molecule has 4 nitrogen and oxygen atoms in total. The van der Waals surface area contributed by atoms with Gasteiger partial charge in [-0.15, -0.1) is 5.76 Å². The number of benzene rings is 1. The first-order valence-electron chi connectivity index (χ1n) is 7.51. The van der Waals surface area contributed by atoms with Gasteiger partial charge >= 0.3 is 35.5 Å². The van der Waals surface area contributed by atoms with Crippen LogP contribution in [-0.2, 0) is 14.3 Å². The maximum absolute atomic E-state index is 12.2. The van der Waals surface area contributed by atoms with Crippen LogP contribution in [0.4, 0.5) is 0 Å².